The highest BCUT2D eigenvalue weighted by Crippen LogP contribution is 2.37. The number of hydrogen-bond acceptors (Lipinski definition) is 5. The highest BCUT2D eigenvalue weighted by Gasteiger charge is 2.18. The molecule has 0 bridgehead atoms. The fourth-order valence-electron chi connectivity index (χ4n) is 6.16. The zero-order valence-electron chi connectivity index (χ0n) is 22.9. The zero-order valence-corrected chi connectivity index (χ0v) is 22.9. The first-order valence-corrected chi connectivity index (χ1v) is 14.2. The van der Waals surface area contributed by atoms with Crippen LogP contribution in [0.4, 0.5) is 0 Å². The molecule has 0 aliphatic carbocycles. The molecule has 0 N–H and O–H groups in total. The molecule has 0 atom stereocenters. The zero-order chi connectivity index (χ0) is 28.3. The lowest BCUT2D eigenvalue weighted by molar-refractivity contribution is 0.668. The summed E-state index contributed by atoms with van der Waals surface area (Å²) in [5, 5.41) is 9.13. The normalized spacial score (nSPS) is 11.7. The number of aromatic nitrogens is 4. The summed E-state index contributed by atoms with van der Waals surface area (Å²) in [4.78, 5) is 19.5. The molecule has 0 radical (unpaired) electrons. The third-order valence-electron chi connectivity index (χ3n) is 8.21. The van der Waals surface area contributed by atoms with E-state index in [1.807, 2.05) is 60.8 Å². The Balaban J connectivity index is 1.31. The van der Waals surface area contributed by atoms with Crippen molar-refractivity contribution in [3.8, 4) is 34.2 Å². The van der Waals surface area contributed by atoms with Gasteiger partial charge >= 0.3 is 0 Å². The Hall–Kier alpha value is -5.94. The molecule has 3 aromatic heterocycles. The number of furan rings is 1. The van der Waals surface area contributed by atoms with E-state index in [0.717, 1.165) is 44.0 Å². The molecule has 9 rings (SSSR count). The molecule has 0 fully saturated rings. The predicted molar refractivity (Wildman–Crippen MR) is 174 cm³/mol. The van der Waals surface area contributed by atoms with Gasteiger partial charge in [0.15, 0.2) is 17.5 Å². The van der Waals surface area contributed by atoms with Crippen molar-refractivity contribution in [2.75, 3.05) is 0 Å². The van der Waals surface area contributed by atoms with Crippen LogP contribution in [0.25, 0.3) is 88.4 Å². The van der Waals surface area contributed by atoms with Gasteiger partial charge in [0, 0.05) is 39.9 Å². The Labute approximate surface area is 246 Å². The molecule has 43 heavy (non-hydrogen) atoms. The first-order chi connectivity index (χ1) is 21.3. The summed E-state index contributed by atoms with van der Waals surface area (Å²) in [6, 6.07) is 41.7. The molecule has 200 valence electrons. The molecule has 9 aromatic rings. The lowest BCUT2D eigenvalue weighted by Crippen LogP contribution is -2.00. The lowest BCUT2D eigenvalue weighted by Gasteiger charge is -2.11. The number of pyridine rings is 1. The van der Waals surface area contributed by atoms with E-state index in [1.165, 1.54) is 26.9 Å². The van der Waals surface area contributed by atoms with Gasteiger partial charge in [-0.1, -0.05) is 103 Å². The van der Waals surface area contributed by atoms with Crippen molar-refractivity contribution in [1.29, 1.82) is 0 Å². The fourth-order valence-corrected chi connectivity index (χ4v) is 6.16. The van der Waals surface area contributed by atoms with Crippen molar-refractivity contribution < 1.29 is 4.42 Å². The summed E-state index contributed by atoms with van der Waals surface area (Å²) in [6.07, 6.45) is 3.58. The minimum Gasteiger partial charge on any atom is -0.456 e. The molecule has 0 spiro atoms. The van der Waals surface area contributed by atoms with Gasteiger partial charge in [0.05, 0.1) is 0 Å². The summed E-state index contributed by atoms with van der Waals surface area (Å²) in [5.74, 6) is 1.82. The van der Waals surface area contributed by atoms with Crippen molar-refractivity contribution >= 4 is 54.3 Å². The predicted octanol–water partition coefficient (Wildman–Crippen LogP) is 9.63. The van der Waals surface area contributed by atoms with E-state index in [-0.39, 0.29) is 0 Å². The van der Waals surface area contributed by atoms with Gasteiger partial charge in [0.2, 0.25) is 0 Å². The minimum atomic E-state index is 0.588. The first-order valence-electron chi connectivity index (χ1n) is 14.2. The van der Waals surface area contributed by atoms with E-state index in [9.17, 15) is 0 Å². The number of fused-ring (bicyclic) bond motifs is 8. The maximum atomic E-state index is 6.15. The molecule has 0 saturated carbocycles. The first kappa shape index (κ1) is 23.7. The maximum absolute atomic E-state index is 6.15. The molecule has 6 aromatic carbocycles. The molecule has 0 amide bonds. The van der Waals surface area contributed by atoms with E-state index < -0.39 is 0 Å². The van der Waals surface area contributed by atoms with Gasteiger partial charge in [-0.3, -0.25) is 4.98 Å². The highest BCUT2D eigenvalue weighted by atomic mass is 16.3. The van der Waals surface area contributed by atoms with Gasteiger partial charge in [-0.05, 0) is 50.5 Å². The van der Waals surface area contributed by atoms with E-state index in [1.54, 1.807) is 6.20 Å². The summed E-state index contributed by atoms with van der Waals surface area (Å²) in [6.45, 7) is 0. The molecule has 3 heterocycles. The fraction of sp³-hybridized carbons (Fsp3) is 0. The summed E-state index contributed by atoms with van der Waals surface area (Å²) < 4.78 is 6.15. The Bertz CT molecular complexity index is 2520. The quantitative estimate of drug-likeness (QED) is 0.205. The summed E-state index contributed by atoms with van der Waals surface area (Å²) in [5.41, 5.74) is 4.29. The van der Waals surface area contributed by atoms with Gasteiger partial charge in [-0.15, -0.1) is 0 Å². The van der Waals surface area contributed by atoms with Crippen LogP contribution in [0.2, 0.25) is 0 Å². The molecule has 0 aliphatic rings. The SMILES string of the molecule is c1ccc(-c2nc(-c3ccc4ccc5c6ccccc6ccc5c4c3)nc(-c3cccc4oc5ccncc5c34)n2)cc1. The second-order valence-corrected chi connectivity index (χ2v) is 10.7. The van der Waals surface area contributed by atoms with E-state index in [0.29, 0.717) is 17.5 Å². The van der Waals surface area contributed by atoms with Gasteiger partial charge in [0.1, 0.15) is 11.2 Å². The van der Waals surface area contributed by atoms with Crippen LogP contribution in [-0.2, 0) is 0 Å². The van der Waals surface area contributed by atoms with Crippen molar-refractivity contribution in [2.45, 2.75) is 0 Å². The molecule has 0 saturated heterocycles. The van der Waals surface area contributed by atoms with Crippen molar-refractivity contribution in [3.05, 3.63) is 134 Å². The Kier molecular flexibility index (Phi) is 5.13. The number of nitrogens with zero attached hydrogens (tertiary/aromatic N) is 4. The second kappa shape index (κ2) is 9.29. The van der Waals surface area contributed by atoms with Crippen LogP contribution in [0.1, 0.15) is 0 Å². The molecular formula is C38H22N4O. The standard InChI is InChI=1S/C38H22N4O/c1-2-8-25(9-3-1)36-40-37(42-38(41-36)30-11-6-12-34-35(30)32-22-39-20-19-33(32)43-34)26-14-13-24-16-17-28-27-10-5-4-7-23(27)15-18-29(28)31(24)21-26/h1-22H. The van der Waals surface area contributed by atoms with Gasteiger partial charge < -0.3 is 4.42 Å². The Morgan fingerprint density at radius 3 is 2.05 bits per heavy atom. The third kappa shape index (κ3) is 3.79. The van der Waals surface area contributed by atoms with Gasteiger partial charge in [-0.25, -0.2) is 15.0 Å². The number of rotatable bonds is 3. The van der Waals surface area contributed by atoms with Crippen LogP contribution < -0.4 is 0 Å². The van der Waals surface area contributed by atoms with Crippen LogP contribution in [0, 0.1) is 0 Å². The molecule has 5 nitrogen and oxygen atoms in total. The van der Waals surface area contributed by atoms with E-state index >= 15 is 0 Å². The van der Waals surface area contributed by atoms with Crippen LogP contribution >= 0.6 is 0 Å². The highest BCUT2D eigenvalue weighted by molar-refractivity contribution is 6.17. The molecule has 5 heteroatoms. The van der Waals surface area contributed by atoms with Crippen LogP contribution in [0.3, 0.4) is 0 Å². The molecule has 0 aliphatic heterocycles. The number of benzene rings is 6. The smallest absolute Gasteiger partial charge is 0.164 e. The lowest BCUT2D eigenvalue weighted by atomic mass is 9.96. The Morgan fingerprint density at radius 2 is 1.16 bits per heavy atom. The topological polar surface area (TPSA) is 64.7 Å². The van der Waals surface area contributed by atoms with E-state index in [4.69, 9.17) is 19.4 Å². The summed E-state index contributed by atoms with van der Waals surface area (Å²) >= 11 is 0. The maximum Gasteiger partial charge on any atom is 0.164 e. The molecule has 0 unspecified atom stereocenters. The van der Waals surface area contributed by atoms with Crippen LogP contribution in [0.15, 0.2) is 138 Å². The second-order valence-electron chi connectivity index (χ2n) is 10.7. The average molecular weight is 551 g/mol. The largest absolute Gasteiger partial charge is 0.456 e. The van der Waals surface area contributed by atoms with Gasteiger partial charge in [0.25, 0.3) is 0 Å². The molecular weight excluding hydrogens is 528 g/mol. The summed E-state index contributed by atoms with van der Waals surface area (Å²) in [7, 11) is 0. The van der Waals surface area contributed by atoms with Crippen molar-refractivity contribution in [2.24, 2.45) is 0 Å². The monoisotopic (exact) mass is 550 g/mol. The van der Waals surface area contributed by atoms with Crippen LogP contribution in [0.5, 0.6) is 0 Å². The van der Waals surface area contributed by atoms with E-state index in [2.05, 4.69) is 71.7 Å². The number of hydrogen-bond donors (Lipinski definition) is 0. The minimum absolute atomic E-state index is 0.588. The third-order valence-corrected chi connectivity index (χ3v) is 8.21. The van der Waals surface area contributed by atoms with Crippen LogP contribution in [-0.4, -0.2) is 19.9 Å². The van der Waals surface area contributed by atoms with Crippen molar-refractivity contribution in [3.63, 3.8) is 0 Å². The Morgan fingerprint density at radius 1 is 0.442 bits per heavy atom. The average Bonchev–Trinajstić information content (AvgIpc) is 3.47. The van der Waals surface area contributed by atoms with Gasteiger partial charge in [-0.2, -0.15) is 0 Å². The van der Waals surface area contributed by atoms with Crippen molar-refractivity contribution in [1.82, 2.24) is 19.9 Å².